The predicted molar refractivity (Wildman–Crippen MR) is 113 cm³/mol. The molecule has 0 saturated carbocycles. The summed E-state index contributed by atoms with van der Waals surface area (Å²) < 4.78 is 0. The Labute approximate surface area is 166 Å². The molecule has 0 aliphatic carbocycles. The smallest absolute Gasteiger partial charge is 0.303 e. The van der Waals surface area contributed by atoms with Crippen LogP contribution in [0.2, 0.25) is 0 Å². The topological polar surface area (TPSA) is 57.5 Å². The number of carbonyl (C=O) groups is 1. The summed E-state index contributed by atoms with van der Waals surface area (Å²) in [5.41, 5.74) is 0.941. The number of hydrogen-bond donors (Lipinski definition) is 2. The van der Waals surface area contributed by atoms with Gasteiger partial charge in [0.2, 0.25) is 0 Å². The molecule has 2 N–H and O–H groups in total. The van der Waals surface area contributed by atoms with Gasteiger partial charge in [-0.2, -0.15) is 0 Å². The van der Waals surface area contributed by atoms with E-state index in [-0.39, 0.29) is 18.1 Å². The SMILES string of the molecule is CCCCCCCCCCCCCCCC(CC(=O)O)c1cccc(O)c1. The van der Waals surface area contributed by atoms with Crippen LogP contribution in [-0.4, -0.2) is 16.2 Å². The number of carboxylic acid groups (broad SMARTS) is 1. The first-order valence-corrected chi connectivity index (χ1v) is 11.1. The summed E-state index contributed by atoms with van der Waals surface area (Å²) in [4.78, 5) is 11.1. The molecule has 0 amide bonds. The molecule has 0 bridgehead atoms. The molecule has 1 rings (SSSR count). The van der Waals surface area contributed by atoms with E-state index in [0.717, 1.165) is 18.4 Å². The van der Waals surface area contributed by atoms with E-state index >= 15 is 0 Å². The van der Waals surface area contributed by atoms with Crippen molar-refractivity contribution in [2.75, 3.05) is 0 Å². The molecule has 27 heavy (non-hydrogen) atoms. The van der Waals surface area contributed by atoms with Crippen molar-refractivity contribution in [2.45, 2.75) is 109 Å². The molecule has 0 aliphatic heterocycles. The molecular formula is C24H40O3. The molecule has 0 saturated heterocycles. The fraction of sp³-hybridized carbons (Fsp3) is 0.708. The summed E-state index contributed by atoms with van der Waals surface area (Å²) in [6.45, 7) is 2.26. The second-order valence-electron chi connectivity index (χ2n) is 7.92. The van der Waals surface area contributed by atoms with E-state index < -0.39 is 5.97 Å². The van der Waals surface area contributed by atoms with Crippen LogP contribution in [0.5, 0.6) is 5.75 Å². The number of phenols is 1. The molecule has 0 fully saturated rings. The Morgan fingerprint density at radius 1 is 0.852 bits per heavy atom. The van der Waals surface area contributed by atoms with Gasteiger partial charge in [-0.3, -0.25) is 4.79 Å². The summed E-state index contributed by atoms with van der Waals surface area (Å²) in [6.07, 6.45) is 18.2. The van der Waals surface area contributed by atoms with Crippen molar-refractivity contribution < 1.29 is 15.0 Å². The zero-order valence-corrected chi connectivity index (χ0v) is 17.3. The van der Waals surface area contributed by atoms with Crippen molar-refractivity contribution in [3.8, 4) is 5.75 Å². The van der Waals surface area contributed by atoms with Crippen molar-refractivity contribution in [3.05, 3.63) is 29.8 Å². The van der Waals surface area contributed by atoms with E-state index in [9.17, 15) is 9.90 Å². The maximum atomic E-state index is 11.1. The van der Waals surface area contributed by atoms with Crippen molar-refractivity contribution >= 4 is 5.97 Å². The molecular weight excluding hydrogens is 336 g/mol. The van der Waals surface area contributed by atoms with Crippen LogP contribution in [0.3, 0.4) is 0 Å². The quantitative estimate of drug-likeness (QED) is 0.278. The van der Waals surface area contributed by atoms with Crippen molar-refractivity contribution in [2.24, 2.45) is 0 Å². The summed E-state index contributed by atoms with van der Waals surface area (Å²) in [6, 6.07) is 7.06. The highest BCUT2D eigenvalue weighted by molar-refractivity contribution is 5.68. The number of hydrogen-bond acceptors (Lipinski definition) is 2. The van der Waals surface area contributed by atoms with Crippen molar-refractivity contribution in [1.29, 1.82) is 0 Å². The normalized spacial score (nSPS) is 12.2. The lowest BCUT2D eigenvalue weighted by atomic mass is 9.90. The third kappa shape index (κ3) is 12.5. The molecule has 0 spiro atoms. The van der Waals surface area contributed by atoms with Gasteiger partial charge in [0, 0.05) is 0 Å². The van der Waals surface area contributed by atoms with E-state index in [1.54, 1.807) is 18.2 Å². The Morgan fingerprint density at radius 3 is 1.85 bits per heavy atom. The van der Waals surface area contributed by atoms with E-state index in [4.69, 9.17) is 5.11 Å². The van der Waals surface area contributed by atoms with Crippen LogP contribution < -0.4 is 0 Å². The highest BCUT2D eigenvalue weighted by Gasteiger charge is 2.15. The van der Waals surface area contributed by atoms with Crippen LogP contribution >= 0.6 is 0 Å². The van der Waals surface area contributed by atoms with Gasteiger partial charge >= 0.3 is 5.97 Å². The summed E-state index contributed by atoms with van der Waals surface area (Å²) in [5, 5.41) is 18.8. The average Bonchev–Trinajstić information content (AvgIpc) is 2.64. The Kier molecular flexibility index (Phi) is 13.5. The number of phenolic OH excluding ortho intramolecular Hbond substituents is 1. The monoisotopic (exact) mass is 376 g/mol. The van der Waals surface area contributed by atoms with Crippen LogP contribution in [0.1, 0.15) is 115 Å². The lowest BCUT2D eigenvalue weighted by molar-refractivity contribution is -0.137. The molecule has 3 heteroatoms. The average molecular weight is 377 g/mol. The minimum atomic E-state index is -0.766. The maximum Gasteiger partial charge on any atom is 0.303 e. The lowest BCUT2D eigenvalue weighted by Gasteiger charge is -2.15. The van der Waals surface area contributed by atoms with Gasteiger partial charge in [-0.1, -0.05) is 103 Å². The number of rotatable bonds is 17. The molecule has 1 unspecified atom stereocenters. The van der Waals surface area contributed by atoms with Gasteiger partial charge in [-0.05, 0) is 30.0 Å². The van der Waals surface area contributed by atoms with Gasteiger partial charge in [0.25, 0.3) is 0 Å². The maximum absolute atomic E-state index is 11.1. The molecule has 1 aromatic carbocycles. The van der Waals surface area contributed by atoms with Gasteiger partial charge in [0.05, 0.1) is 6.42 Å². The van der Waals surface area contributed by atoms with Crippen LogP contribution in [0.15, 0.2) is 24.3 Å². The van der Waals surface area contributed by atoms with E-state index in [2.05, 4.69) is 6.92 Å². The zero-order valence-electron chi connectivity index (χ0n) is 17.3. The van der Waals surface area contributed by atoms with Crippen LogP contribution in [0.4, 0.5) is 0 Å². The number of carboxylic acids is 1. The van der Waals surface area contributed by atoms with E-state index in [1.165, 1.54) is 77.0 Å². The Hall–Kier alpha value is -1.51. The fourth-order valence-electron chi connectivity index (χ4n) is 3.78. The zero-order chi connectivity index (χ0) is 19.7. The first-order valence-electron chi connectivity index (χ1n) is 11.1. The first-order chi connectivity index (χ1) is 13.1. The van der Waals surface area contributed by atoms with Gasteiger partial charge in [0.1, 0.15) is 5.75 Å². The van der Waals surface area contributed by atoms with E-state index in [0.29, 0.717) is 0 Å². The molecule has 0 radical (unpaired) electrons. The standard InChI is InChI=1S/C24H40O3/c1-2-3-4-5-6-7-8-9-10-11-12-13-14-16-22(20-24(26)27)21-17-15-18-23(25)19-21/h15,17-19,22,25H,2-14,16,20H2,1H3,(H,26,27). The van der Waals surface area contributed by atoms with Gasteiger partial charge < -0.3 is 10.2 Å². The molecule has 0 aromatic heterocycles. The van der Waals surface area contributed by atoms with E-state index in [1.807, 2.05) is 6.07 Å². The second kappa shape index (κ2) is 15.5. The van der Waals surface area contributed by atoms with Gasteiger partial charge in [0.15, 0.2) is 0 Å². The molecule has 1 atom stereocenters. The van der Waals surface area contributed by atoms with Crippen molar-refractivity contribution in [1.82, 2.24) is 0 Å². The summed E-state index contributed by atoms with van der Waals surface area (Å²) in [7, 11) is 0. The number of unbranched alkanes of at least 4 members (excludes halogenated alkanes) is 12. The first kappa shape index (κ1) is 23.5. The third-order valence-corrected chi connectivity index (χ3v) is 5.42. The summed E-state index contributed by atoms with van der Waals surface area (Å²) >= 11 is 0. The minimum Gasteiger partial charge on any atom is -0.508 e. The minimum absolute atomic E-state index is 0.00214. The lowest BCUT2D eigenvalue weighted by Crippen LogP contribution is -2.06. The number of benzene rings is 1. The Balaban J connectivity index is 2.07. The third-order valence-electron chi connectivity index (χ3n) is 5.42. The number of aromatic hydroxyl groups is 1. The van der Waals surface area contributed by atoms with Crippen LogP contribution in [0, 0.1) is 0 Å². The predicted octanol–water partition coefficient (Wildman–Crippen LogP) is 7.43. The van der Waals surface area contributed by atoms with Gasteiger partial charge in [-0.15, -0.1) is 0 Å². The van der Waals surface area contributed by atoms with Crippen LogP contribution in [0.25, 0.3) is 0 Å². The molecule has 0 heterocycles. The Morgan fingerprint density at radius 2 is 1.37 bits per heavy atom. The van der Waals surface area contributed by atoms with Crippen LogP contribution in [-0.2, 0) is 4.79 Å². The summed E-state index contributed by atoms with van der Waals surface area (Å²) in [5.74, 6) is -0.548. The van der Waals surface area contributed by atoms with Crippen molar-refractivity contribution in [3.63, 3.8) is 0 Å². The molecule has 3 nitrogen and oxygen atoms in total. The fourth-order valence-corrected chi connectivity index (χ4v) is 3.78. The van der Waals surface area contributed by atoms with Gasteiger partial charge in [-0.25, -0.2) is 0 Å². The molecule has 154 valence electrons. The second-order valence-corrected chi connectivity index (χ2v) is 7.92. The highest BCUT2D eigenvalue weighted by atomic mass is 16.4. The molecule has 1 aromatic rings. The number of aliphatic carboxylic acids is 1. The highest BCUT2D eigenvalue weighted by Crippen LogP contribution is 2.28. The Bertz CT molecular complexity index is 498. The molecule has 0 aliphatic rings. The largest absolute Gasteiger partial charge is 0.508 e.